The number of nitrogens with zero attached hydrogens (tertiary/aromatic N) is 1. The minimum atomic E-state index is -0.627. The second-order valence-corrected chi connectivity index (χ2v) is 8.99. The van der Waals surface area contributed by atoms with Crippen LogP contribution in [-0.4, -0.2) is 29.8 Å². The van der Waals surface area contributed by atoms with Crippen LogP contribution >= 0.6 is 11.6 Å². The Bertz CT molecular complexity index is 1430. The maximum atomic E-state index is 13.1. The molecule has 3 aromatic rings. The molecule has 1 aliphatic heterocycles. The van der Waals surface area contributed by atoms with Crippen molar-refractivity contribution in [3.63, 3.8) is 0 Å². The number of benzene rings is 3. The fourth-order valence-electron chi connectivity index (χ4n) is 3.70. The van der Waals surface area contributed by atoms with Crippen LogP contribution in [0, 0.1) is 6.92 Å². The number of carbonyl (C=O) groups is 4. The van der Waals surface area contributed by atoms with E-state index in [2.05, 4.69) is 10.6 Å². The highest BCUT2D eigenvalue weighted by molar-refractivity contribution is 6.53. The van der Waals surface area contributed by atoms with Crippen molar-refractivity contribution >= 4 is 52.4 Å². The van der Waals surface area contributed by atoms with Gasteiger partial charge < -0.3 is 15.4 Å². The lowest BCUT2D eigenvalue weighted by atomic mass is 10.1. The van der Waals surface area contributed by atoms with Crippen molar-refractivity contribution in [2.45, 2.75) is 26.9 Å². The first-order valence-electron chi connectivity index (χ1n) is 11.5. The summed E-state index contributed by atoms with van der Waals surface area (Å²) in [6, 6.07) is 19.8. The number of nitrogens with one attached hydrogen (secondary N) is 2. The molecule has 0 spiro atoms. The summed E-state index contributed by atoms with van der Waals surface area (Å²) in [4.78, 5) is 51.7. The van der Waals surface area contributed by atoms with Gasteiger partial charge in [0.25, 0.3) is 17.7 Å². The number of amides is 3. The molecule has 9 heteroatoms. The van der Waals surface area contributed by atoms with Gasteiger partial charge in [0.2, 0.25) is 0 Å². The third kappa shape index (κ3) is 5.54. The summed E-state index contributed by atoms with van der Waals surface area (Å²) < 4.78 is 5.16. The van der Waals surface area contributed by atoms with Crippen LogP contribution in [-0.2, 0) is 14.3 Å². The maximum Gasteiger partial charge on any atom is 0.338 e. The molecular weight excluding hydrogens is 494 g/mol. The predicted octanol–water partition coefficient (Wildman–Crippen LogP) is 5.25. The molecule has 0 saturated carbocycles. The highest BCUT2D eigenvalue weighted by Gasteiger charge is 2.39. The molecule has 37 heavy (non-hydrogen) atoms. The first kappa shape index (κ1) is 25.7. The summed E-state index contributed by atoms with van der Waals surface area (Å²) in [7, 11) is 0. The van der Waals surface area contributed by atoms with E-state index >= 15 is 0 Å². The Morgan fingerprint density at radius 3 is 2.24 bits per heavy atom. The van der Waals surface area contributed by atoms with E-state index in [9.17, 15) is 19.2 Å². The molecule has 1 aliphatic rings. The highest BCUT2D eigenvalue weighted by Crippen LogP contribution is 2.32. The second kappa shape index (κ2) is 10.7. The summed E-state index contributed by atoms with van der Waals surface area (Å²) in [5.74, 6) is -2.06. The van der Waals surface area contributed by atoms with Crippen LogP contribution in [0.15, 0.2) is 83.5 Å². The van der Waals surface area contributed by atoms with Crippen molar-refractivity contribution in [3.05, 3.63) is 100 Å². The van der Waals surface area contributed by atoms with Gasteiger partial charge in [0.1, 0.15) is 10.7 Å². The smallest absolute Gasteiger partial charge is 0.338 e. The summed E-state index contributed by atoms with van der Waals surface area (Å²) >= 11 is 6.24. The van der Waals surface area contributed by atoms with Gasteiger partial charge in [-0.1, -0.05) is 35.9 Å². The molecule has 0 radical (unpaired) electrons. The summed E-state index contributed by atoms with van der Waals surface area (Å²) in [6.07, 6.45) is -0.235. The quantitative estimate of drug-likeness (QED) is 0.328. The first-order valence-corrected chi connectivity index (χ1v) is 11.9. The number of rotatable bonds is 7. The van der Waals surface area contributed by atoms with E-state index in [-0.39, 0.29) is 16.8 Å². The van der Waals surface area contributed by atoms with Crippen LogP contribution in [0.1, 0.15) is 40.1 Å². The van der Waals surface area contributed by atoms with Gasteiger partial charge in [-0.2, -0.15) is 0 Å². The number of carbonyl (C=O) groups excluding carboxylic acids is 4. The van der Waals surface area contributed by atoms with Crippen molar-refractivity contribution in [1.82, 2.24) is 0 Å². The van der Waals surface area contributed by atoms with Crippen molar-refractivity contribution in [1.29, 1.82) is 0 Å². The number of hydrogen-bond acceptors (Lipinski definition) is 6. The van der Waals surface area contributed by atoms with Crippen molar-refractivity contribution in [3.8, 4) is 0 Å². The standard InChI is InChI=1S/C28H24ClN3O5/c1-16(2)37-28(36)18-11-13-20(14-12-18)31-25(33)19-8-6-9-21(15-19)30-24-23(29)26(34)32(27(24)35)22-10-5-4-7-17(22)3/h4-16,30H,1-3H3,(H,31,33). The lowest BCUT2D eigenvalue weighted by Gasteiger charge is -2.17. The molecule has 0 atom stereocenters. The molecule has 3 aromatic carbocycles. The van der Waals surface area contributed by atoms with E-state index in [1.165, 1.54) is 6.07 Å². The van der Waals surface area contributed by atoms with Crippen LogP contribution < -0.4 is 15.5 Å². The summed E-state index contributed by atoms with van der Waals surface area (Å²) in [5.41, 5.74) is 2.69. The minimum Gasteiger partial charge on any atom is -0.459 e. The van der Waals surface area contributed by atoms with Gasteiger partial charge in [0.15, 0.2) is 0 Å². The average Bonchev–Trinajstić information content (AvgIpc) is 3.07. The Labute approximate surface area is 218 Å². The molecular formula is C28H24ClN3O5. The Balaban J connectivity index is 1.47. The zero-order chi connectivity index (χ0) is 26.7. The van der Waals surface area contributed by atoms with E-state index in [0.717, 1.165) is 10.5 Å². The topological polar surface area (TPSA) is 105 Å². The number of ether oxygens (including phenoxy) is 1. The summed E-state index contributed by atoms with van der Waals surface area (Å²) in [5, 5.41) is 5.41. The fourth-order valence-corrected chi connectivity index (χ4v) is 3.91. The number of esters is 1. The Hall–Kier alpha value is -4.43. The Kier molecular flexibility index (Phi) is 7.40. The van der Waals surface area contributed by atoms with Gasteiger partial charge >= 0.3 is 5.97 Å². The Morgan fingerprint density at radius 1 is 0.865 bits per heavy atom. The zero-order valence-corrected chi connectivity index (χ0v) is 21.1. The largest absolute Gasteiger partial charge is 0.459 e. The van der Waals surface area contributed by atoms with E-state index in [1.54, 1.807) is 81.4 Å². The molecule has 0 bridgehead atoms. The first-order chi connectivity index (χ1) is 17.7. The summed E-state index contributed by atoms with van der Waals surface area (Å²) in [6.45, 7) is 5.32. The van der Waals surface area contributed by atoms with E-state index in [4.69, 9.17) is 16.3 Å². The van der Waals surface area contributed by atoms with Crippen LogP contribution in [0.5, 0.6) is 0 Å². The number of hydrogen-bond donors (Lipinski definition) is 2. The predicted molar refractivity (Wildman–Crippen MR) is 142 cm³/mol. The number of para-hydroxylation sites is 1. The third-order valence-corrected chi connectivity index (χ3v) is 5.85. The van der Waals surface area contributed by atoms with Crippen LogP contribution in [0.3, 0.4) is 0 Å². The molecule has 0 fully saturated rings. The number of halogens is 1. The van der Waals surface area contributed by atoms with Crippen molar-refractivity contribution < 1.29 is 23.9 Å². The molecule has 0 aromatic heterocycles. The third-order valence-electron chi connectivity index (χ3n) is 5.50. The van der Waals surface area contributed by atoms with Crippen molar-refractivity contribution in [2.24, 2.45) is 0 Å². The number of anilines is 3. The zero-order valence-electron chi connectivity index (χ0n) is 20.4. The highest BCUT2D eigenvalue weighted by atomic mass is 35.5. The van der Waals surface area contributed by atoms with Gasteiger partial charge in [-0.15, -0.1) is 0 Å². The van der Waals surface area contributed by atoms with Gasteiger partial charge in [-0.05, 0) is 74.9 Å². The molecule has 8 nitrogen and oxygen atoms in total. The van der Waals surface area contributed by atoms with Gasteiger partial charge in [0.05, 0.1) is 17.4 Å². The van der Waals surface area contributed by atoms with Gasteiger partial charge in [-0.25, -0.2) is 9.69 Å². The molecule has 3 amide bonds. The molecule has 0 saturated heterocycles. The molecule has 0 aliphatic carbocycles. The van der Waals surface area contributed by atoms with Crippen LogP contribution in [0.25, 0.3) is 0 Å². The normalized spacial score (nSPS) is 13.3. The molecule has 188 valence electrons. The van der Waals surface area contributed by atoms with Crippen LogP contribution in [0.4, 0.5) is 17.1 Å². The molecule has 2 N–H and O–H groups in total. The maximum absolute atomic E-state index is 13.1. The second-order valence-electron chi connectivity index (χ2n) is 8.61. The molecule has 0 unspecified atom stereocenters. The number of imide groups is 1. The van der Waals surface area contributed by atoms with E-state index in [0.29, 0.717) is 28.2 Å². The molecule has 1 heterocycles. The lowest BCUT2D eigenvalue weighted by molar-refractivity contribution is -0.120. The average molecular weight is 518 g/mol. The minimum absolute atomic E-state index is 0.0728. The number of aryl methyl sites for hydroxylation is 1. The van der Waals surface area contributed by atoms with Crippen LogP contribution in [0.2, 0.25) is 0 Å². The van der Waals surface area contributed by atoms with E-state index in [1.807, 2.05) is 6.07 Å². The lowest BCUT2D eigenvalue weighted by Crippen LogP contribution is -2.32. The van der Waals surface area contributed by atoms with Gasteiger partial charge in [0, 0.05) is 16.9 Å². The SMILES string of the molecule is Cc1ccccc1N1C(=O)C(Cl)=C(Nc2cccc(C(=O)Nc3ccc(C(=O)OC(C)C)cc3)c2)C1=O. The Morgan fingerprint density at radius 2 is 1.57 bits per heavy atom. The fraction of sp³-hybridized carbons (Fsp3) is 0.143. The van der Waals surface area contributed by atoms with Gasteiger partial charge in [-0.3, -0.25) is 14.4 Å². The van der Waals surface area contributed by atoms with Crippen molar-refractivity contribution in [2.75, 3.05) is 15.5 Å². The molecule has 4 rings (SSSR count). The monoisotopic (exact) mass is 517 g/mol. The van der Waals surface area contributed by atoms with E-state index < -0.39 is 23.7 Å².